The molecule has 12 heteroatoms. The van der Waals surface area contributed by atoms with Gasteiger partial charge in [-0.3, -0.25) is 9.78 Å². The van der Waals surface area contributed by atoms with Gasteiger partial charge in [-0.2, -0.15) is 13.2 Å². The summed E-state index contributed by atoms with van der Waals surface area (Å²) in [7, 11) is -3.57. The van der Waals surface area contributed by atoms with Crippen molar-refractivity contribution < 1.29 is 31.1 Å². The highest BCUT2D eigenvalue weighted by Crippen LogP contribution is 2.35. The van der Waals surface area contributed by atoms with Crippen LogP contribution in [0.3, 0.4) is 0 Å². The second-order valence-electron chi connectivity index (χ2n) is 7.24. The summed E-state index contributed by atoms with van der Waals surface area (Å²) in [4.78, 5) is 17.2. The van der Waals surface area contributed by atoms with Crippen molar-refractivity contribution >= 4 is 21.4 Å². The van der Waals surface area contributed by atoms with E-state index in [1.807, 2.05) is 0 Å². The number of alkyl halides is 3. The summed E-state index contributed by atoms with van der Waals surface area (Å²) in [6.45, 7) is 4.46. The van der Waals surface area contributed by atoms with E-state index in [0.717, 1.165) is 13.2 Å². The van der Waals surface area contributed by atoms with Crippen LogP contribution in [0.1, 0.15) is 33.0 Å². The molecular weight excluding hydrogens is 461 g/mol. The van der Waals surface area contributed by atoms with Gasteiger partial charge in [0.2, 0.25) is 0 Å². The monoisotopic (exact) mass is 480 g/mol. The molecule has 0 unspecified atom stereocenters. The van der Waals surface area contributed by atoms with Crippen LogP contribution in [0.2, 0.25) is 0 Å². The summed E-state index contributed by atoms with van der Waals surface area (Å²) < 4.78 is 69.4. The molecule has 1 amide bonds. The van der Waals surface area contributed by atoms with Gasteiger partial charge < -0.3 is 10.1 Å². The molecule has 3 rings (SSSR count). The predicted octanol–water partition coefficient (Wildman–Crippen LogP) is 4.26. The molecular formula is C21H19F3N4O4S. The Bertz CT molecular complexity index is 1340. The lowest BCUT2D eigenvalue weighted by molar-refractivity contribution is -0.142. The number of pyridine rings is 1. The average Bonchev–Trinajstić information content (AvgIpc) is 2.68. The third-order valence-electron chi connectivity index (χ3n) is 4.58. The molecule has 0 radical (unpaired) electrons. The van der Waals surface area contributed by atoms with Crippen molar-refractivity contribution in [3.05, 3.63) is 64.6 Å². The number of amides is 1. The Balaban J connectivity index is 2.08. The number of ether oxygens (including phenoxy) is 1. The molecule has 8 nitrogen and oxygen atoms in total. The van der Waals surface area contributed by atoms with Crippen LogP contribution in [0.5, 0.6) is 11.6 Å². The number of nitrogens with zero attached hydrogens (tertiary/aromatic N) is 3. The van der Waals surface area contributed by atoms with Crippen molar-refractivity contribution in [1.29, 1.82) is 0 Å². The Morgan fingerprint density at radius 1 is 1.06 bits per heavy atom. The van der Waals surface area contributed by atoms with Crippen molar-refractivity contribution in [1.82, 2.24) is 15.2 Å². The van der Waals surface area contributed by atoms with Crippen LogP contribution in [-0.4, -0.2) is 35.8 Å². The van der Waals surface area contributed by atoms with Gasteiger partial charge in [0.15, 0.2) is 21.3 Å². The number of nitrogens with one attached hydrogen (secondary N) is 1. The van der Waals surface area contributed by atoms with Gasteiger partial charge in [0, 0.05) is 17.6 Å². The molecule has 0 aliphatic carbocycles. The number of aromatic nitrogens is 3. The van der Waals surface area contributed by atoms with Crippen LogP contribution >= 0.6 is 0 Å². The zero-order valence-electron chi connectivity index (χ0n) is 18.0. The fraction of sp³-hybridized carbons (Fsp3) is 0.238. The molecule has 1 aromatic carbocycles. The van der Waals surface area contributed by atoms with Crippen molar-refractivity contribution in [2.75, 3.05) is 11.6 Å². The van der Waals surface area contributed by atoms with Gasteiger partial charge in [-0.1, -0.05) is 6.07 Å². The molecule has 0 saturated heterocycles. The molecule has 0 atom stereocenters. The number of carbonyl (C=O) groups is 1. The number of benzene rings is 1. The number of carbonyl (C=O) groups excluding carboxylic acids is 1. The zero-order valence-corrected chi connectivity index (χ0v) is 18.8. The number of hydrogen-bond donors (Lipinski definition) is 1. The lowest BCUT2D eigenvalue weighted by Crippen LogP contribution is -2.21. The molecule has 33 heavy (non-hydrogen) atoms. The maximum atomic E-state index is 13.4. The Morgan fingerprint density at radius 2 is 1.76 bits per heavy atom. The van der Waals surface area contributed by atoms with E-state index in [2.05, 4.69) is 20.5 Å². The third-order valence-corrected chi connectivity index (χ3v) is 5.69. The Morgan fingerprint density at radius 3 is 2.36 bits per heavy atom. The van der Waals surface area contributed by atoms with Crippen molar-refractivity contribution in [3.8, 4) is 11.6 Å². The number of aryl methyl sites for hydroxylation is 2. The number of halogens is 3. The Labute approximate surface area is 187 Å². The largest absolute Gasteiger partial charge is 0.435 e. The Hall–Kier alpha value is -3.54. The minimum atomic E-state index is -4.86. The third kappa shape index (κ3) is 5.45. The standard InChI is InChI=1S/C21H19F3N4O4S/c1-11-8-9-16(13(3)25-11)32-20-17(12(2)18(27-28-20)21(22,23)24)19(29)26-14-6-5-7-15(10-14)33(4,30)31/h5-10H,1-4H3,(H,26,29). The van der Waals surface area contributed by atoms with E-state index in [9.17, 15) is 26.4 Å². The lowest BCUT2D eigenvalue weighted by Gasteiger charge is -2.16. The van der Waals surface area contributed by atoms with Crippen LogP contribution in [0.4, 0.5) is 18.9 Å². The molecule has 2 aromatic heterocycles. The van der Waals surface area contributed by atoms with Gasteiger partial charge >= 0.3 is 6.18 Å². The maximum absolute atomic E-state index is 13.4. The van der Waals surface area contributed by atoms with Crippen molar-refractivity contribution in [2.45, 2.75) is 31.8 Å². The Kier molecular flexibility index (Phi) is 6.41. The lowest BCUT2D eigenvalue weighted by atomic mass is 10.1. The van der Waals surface area contributed by atoms with Crippen LogP contribution in [0.25, 0.3) is 0 Å². The fourth-order valence-electron chi connectivity index (χ4n) is 2.99. The van der Waals surface area contributed by atoms with Crippen molar-refractivity contribution in [3.63, 3.8) is 0 Å². The highest BCUT2D eigenvalue weighted by molar-refractivity contribution is 7.90. The summed E-state index contributed by atoms with van der Waals surface area (Å²) in [6.07, 6.45) is -3.87. The first-order valence-electron chi connectivity index (χ1n) is 9.45. The van der Waals surface area contributed by atoms with E-state index in [0.29, 0.717) is 11.4 Å². The second kappa shape index (κ2) is 8.77. The van der Waals surface area contributed by atoms with Gasteiger partial charge in [0.05, 0.1) is 10.6 Å². The molecule has 0 saturated carbocycles. The second-order valence-corrected chi connectivity index (χ2v) is 9.26. The van der Waals surface area contributed by atoms with Gasteiger partial charge in [0.25, 0.3) is 11.8 Å². The molecule has 0 fully saturated rings. The molecule has 0 aliphatic heterocycles. The van der Waals surface area contributed by atoms with E-state index in [1.165, 1.54) is 24.3 Å². The maximum Gasteiger partial charge on any atom is 0.435 e. The van der Waals surface area contributed by atoms with Crippen LogP contribution in [-0.2, 0) is 16.0 Å². The van der Waals surface area contributed by atoms with E-state index in [-0.39, 0.29) is 16.3 Å². The smallest absolute Gasteiger partial charge is 0.435 e. The molecule has 1 N–H and O–H groups in total. The van der Waals surface area contributed by atoms with Crippen LogP contribution in [0, 0.1) is 20.8 Å². The summed E-state index contributed by atoms with van der Waals surface area (Å²) in [5.41, 5.74) is -1.15. The topological polar surface area (TPSA) is 111 Å². The van der Waals surface area contributed by atoms with Gasteiger partial charge in [-0.15, -0.1) is 10.2 Å². The molecule has 0 spiro atoms. The molecule has 2 heterocycles. The number of hydrogen-bond acceptors (Lipinski definition) is 7. The first-order chi connectivity index (χ1) is 15.3. The van der Waals surface area contributed by atoms with Crippen molar-refractivity contribution in [2.24, 2.45) is 0 Å². The summed E-state index contributed by atoms with van der Waals surface area (Å²) in [5, 5.41) is 9.12. The van der Waals surface area contributed by atoms with Crippen LogP contribution < -0.4 is 10.1 Å². The van der Waals surface area contributed by atoms with Gasteiger partial charge in [-0.25, -0.2) is 8.42 Å². The predicted molar refractivity (Wildman–Crippen MR) is 113 cm³/mol. The first-order valence-corrected chi connectivity index (χ1v) is 11.3. The van der Waals surface area contributed by atoms with E-state index < -0.39 is 44.6 Å². The summed E-state index contributed by atoms with van der Waals surface area (Å²) in [6, 6.07) is 8.48. The quantitative estimate of drug-likeness (QED) is 0.581. The van der Waals surface area contributed by atoms with Gasteiger partial charge in [0.1, 0.15) is 5.56 Å². The number of sulfone groups is 1. The SMILES string of the molecule is Cc1ccc(Oc2nnc(C(F)(F)F)c(C)c2C(=O)Nc2cccc(S(C)(=O)=O)c2)c(C)n1. The highest BCUT2D eigenvalue weighted by Gasteiger charge is 2.38. The van der Waals surface area contributed by atoms with E-state index >= 15 is 0 Å². The first kappa shape index (κ1) is 24.1. The molecule has 0 bridgehead atoms. The van der Waals surface area contributed by atoms with Crippen LogP contribution in [0.15, 0.2) is 41.3 Å². The number of anilines is 1. The highest BCUT2D eigenvalue weighted by atomic mass is 32.2. The molecule has 0 aliphatic rings. The number of rotatable bonds is 5. The minimum absolute atomic E-state index is 0.0619. The average molecular weight is 480 g/mol. The normalized spacial score (nSPS) is 11.8. The van der Waals surface area contributed by atoms with E-state index in [4.69, 9.17) is 4.74 Å². The summed E-state index contributed by atoms with van der Waals surface area (Å²) in [5.74, 6) is -1.25. The van der Waals surface area contributed by atoms with Gasteiger partial charge in [-0.05, 0) is 56.7 Å². The summed E-state index contributed by atoms with van der Waals surface area (Å²) >= 11 is 0. The fourth-order valence-corrected chi connectivity index (χ4v) is 3.66. The molecule has 3 aromatic rings. The van der Waals surface area contributed by atoms with E-state index in [1.54, 1.807) is 26.0 Å². The minimum Gasteiger partial charge on any atom is -0.435 e. The molecule has 174 valence electrons. The zero-order chi connectivity index (χ0) is 24.6.